The van der Waals surface area contributed by atoms with Crippen LogP contribution in [-0.4, -0.2) is 84.9 Å². The van der Waals surface area contributed by atoms with E-state index in [0.717, 1.165) is 22.7 Å². The third-order valence-electron chi connectivity index (χ3n) is 9.92. The van der Waals surface area contributed by atoms with Crippen LogP contribution in [0.2, 0.25) is 0 Å². The van der Waals surface area contributed by atoms with Gasteiger partial charge in [-0.25, -0.2) is 0 Å². The normalized spacial score (nSPS) is 19.5. The summed E-state index contributed by atoms with van der Waals surface area (Å²) in [5, 5.41) is 9.21. The Balaban J connectivity index is 1.68. The summed E-state index contributed by atoms with van der Waals surface area (Å²) in [6, 6.07) is 12.3. The lowest BCUT2D eigenvalue weighted by Gasteiger charge is -2.30. The zero-order chi connectivity index (χ0) is 39.2. The molecule has 4 N–H and O–H groups in total. The molecule has 0 saturated carbocycles. The molecule has 0 saturated heterocycles. The van der Waals surface area contributed by atoms with Gasteiger partial charge in [0, 0.05) is 53.9 Å². The number of allylic oxidation sites excluding steroid dienone is 6. The standard InChI is InChI=1S/C37H48N2O11S3/c1-36(2)30-27-28(53(48,49)50)20-21-32(30)38(23-11-13-25-51(42,43)44)33(36)17-5-4-6-18-34-37(3,22-10-9-19-35(40)41)29-15-7-8-16-31(29)39(34)24-12-14-26-52(45,46)47/h4-8,15-18,20-21,27H,9-14,19,22-26H2,1-3H3,(H3-,40,41,42,43,44,45,46,47,48,49,50)/p+1. The molecule has 2 aromatic carbocycles. The zero-order valence-electron chi connectivity index (χ0n) is 30.2. The fraction of sp³-hybridized carbons (Fsp3) is 0.459. The number of hydrogen-bond acceptors (Lipinski definition) is 8. The molecule has 0 amide bonds. The van der Waals surface area contributed by atoms with Crippen LogP contribution in [0.3, 0.4) is 0 Å². The van der Waals surface area contributed by atoms with Gasteiger partial charge in [0.15, 0.2) is 5.71 Å². The Kier molecular flexibility index (Phi) is 13.3. The van der Waals surface area contributed by atoms with Crippen LogP contribution in [0, 0.1) is 0 Å². The molecular formula is C37H49N2O11S3+. The van der Waals surface area contributed by atoms with Crippen LogP contribution in [0.25, 0.3) is 0 Å². The molecular weight excluding hydrogens is 745 g/mol. The fourth-order valence-electron chi connectivity index (χ4n) is 7.30. The Morgan fingerprint density at radius 1 is 0.792 bits per heavy atom. The molecule has 1 unspecified atom stereocenters. The summed E-state index contributed by atoms with van der Waals surface area (Å²) in [6.07, 6.45) is 12.8. The highest BCUT2D eigenvalue weighted by Crippen LogP contribution is 2.50. The maximum atomic E-state index is 12.0. The number of hydrogen-bond donors (Lipinski definition) is 4. The van der Waals surface area contributed by atoms with Gasteiger partial charge in [-0.15, -0.1) is 0 Å². The van der Waals surface area contributed by atoms with Crippen LogP contribution < -0.4 is 4.90 Å². The van der Waals surface area contributed by atoms with E-state index >= 15 is 0 Å². The number of nitrogens with zero attached hydrogens (tertiary/aromatic N) is 2. The van der Waals surface area contributed by atoms with Gasteiger partial charge in [-0.3, -0.25) is 18.5 Å². The molecule has 2 aliphatic rings. The van der Waals surface area contributed by atoms with E-state index in [4.69, 9.17) is 0 Å². The molecule has 0 radical (unpaired) electrons. The van der Waals surface area contributed by atoms with Crippen LogP contribution in [0.5, 0.6) is 0 Å². The van der Waals surface area contributed by atoms with Crippen LogP contribution in [0.15, 0.2) is 83.4 Å². The minimum atomic E-state index is -4.46. The van der Waals surface area contributed by atoms with Crippen molar-refractivity contribution in [2.75, 3.05) is 29.5 Å². The van der Waals surface area contributed by atoms with Gasteiger partial charge in [0.2, 0.25) is 5.69 Å². The first-order valence-corrected chi connectivity index (χ1v) is 22.1. The summed E-state index contributed by atoms with van der Waals surface area (Å²) < 4.78 is 99.5. The number of para-hydroxylation sites is 1. The maximum absolute atomic E-state index is 12.0. The van der Waals surface area contributed by atoms with Crippen molar-refractivity contribution < 1.29 is 53.4 Å². The molecule has 0 aromatic heterocycles. The van der Waals surface area contributed by atoms with Gasteiger partial charge in [-0.1, -0.05) is 42.8 Å². The minimum Gasteiger partial charge on any atom is -0.481 e. The van der Waals surface area contributed by atoms with Crippen molar-refractivity contribution in [3.05, 3.63) is 89.7 Å². The lowest BCUT2D eigenvalue weighted by atomic mass is 9.77. The average Bonchev–Trinajstić information content (AvgIpc) is 3.41. The summed E-state index contributed by atoms with van der Waals surface area (Å²) >= 11 is 0. The average molecular weight is 794 g/mol. The first kappa shape index (κ1) is 42.1. The number of benzene rings is 2. The van der Waals surface area contributed by atoms with Crippen molar-refractivity contribution >= 4 is 53.4 Å². The van der Waals surface area contributed by atoms with E-state index in [1.807, 2.05) is 67.0 Å². The van der Waals surface area contributed by atoms with Gasteiger partial charge in [0.1, 0.15) is 6.54 Å². The maximum Gasteiger partial charge on any atom is 0.303 e. The Morgan fingerprint density at radius 3 is 2.09 bits per heavy atom. The molecule has 290 valence electrons. The topological polar surface area (TPSA) is 207 Å². The molecule has 53 heavy (non-hydrogen) atoms. The zero-order valence-corrected chi connectivity index (χ0v) is 32.6. The number of rotatable bonds is 19. The summed E-state index contributed by atoms with van der Waals surface area (Å²) in [5.41, 5.74) is 4.03. The second-order valence-corrected chi connectivity index (χ2v) is 18.8. The minimum absolute atomic E-state index is 0.0640. The SMILES string of the molecule is CC1(C)C(/C=C/C=C/C=C2/N(CCCCS(=O)(=O)O)c3ccccc3C2(C)CCCCC(=O)O)=[N+](CCCCS(=O)(=O)O)c2ccc(S(=O)(=O)O)cc21. The van der Waals surface area contributed by atoms with Gasteiger partial charge in [0.25, 0.3) is 30.4 Å². The van der Waals surface area contributed by atoms with Gasteiger partial charge < -0.3 is 10.0 Å². The number of carbonyl (C=O) groups is 1. The predicted molar refractivity (Wildman–Crippen MR) is 204 cm³/mol. The fourth-order valence-corrected chi connectivity index (χ4v) is 8.94. The molecule has 1 atom stereocenters. The molecule has 13 nitrogen and oxygen atoms in total. The number of unbranched alkanes of at least 4 members (excludes halogenated alkanes) is 3. The smallest absolute Gasteiger partial charge is 0.303 e. The molecule has 2 aromatic rings. The number of anilines is 1. The van der Waals surface area contributed by atoms with E-state index in [-0.39, 0.29) is 35.7 Å². The van der Waals surface area contributed by atoms with Crippen molar-refractivity contribution in [1.29, 1.82) is 0 Å². The van der Waals surface area contributed by atoms with E-state index in [9.17, 15) is 48.8 Å². The molecule has 16 heteroatoms. The van der Waals surface area contributed by atoms with Gasteiger partial charge in [0.05, 0.1) is 21.8 Å². The Bertz CT molecular complexity index is 2150. The van der Waals surface area contributed by atoms with E-state index in [0.29, 0.717) is 56.4 Å². The Labute approximate surface area is 312 Å². The lowest BCUT2D eigenvalue weighted by molar-refractivity contribution is -0.438. The van der Waals surface area contributed by atoms with Gasteiger partial charge in [-0.2, -0.15) is 29.8 Å². The van der Waals surface area contributed by atoms with Crippen molar-refractivity contribution in [1.82, 2.24) is 0 Å². The largest absolute Gasteiger partial charge is 0.481 e. The van der Waals surface area contributed by atoms with E-state index in [1.54, 1.807) is 6.07 Å². The van der Waals surface area contributed by atoms with Crippen LogP contribution in [0.4, 0.5) is 11.4 Å². The number of fused-ring (bicyclic) bond motifs is 2. The summed E-state index contributed by atoms with van der Waals surface area (Å²) in [4.78, 5) is 13.1. The summed E-state index contributed by atoms with van der Waals surface area (Å²) in [7, 11) is -12.7. The Hall–Kier alpha value is -3.67. The van der Waals surface area contributed by atoms with Crippen molar-refractivity contribution in [3.63, 3.8) is 0 Å². The van der Waals surface area contributed by atoms with Crippen LogP contribution in [0.1, 0.15) is 83.3 Å². The third kappa shape index (κ3) is 10.7. The Morgan fingerprint density at radius 2 is 1.45 bits per heavy atom. The highest BCUT2D eigenvalue weighted by Gasteiger charge is 2.45. The van der Waals surface area contributed by atoms with E-state index in [2.05, 4.69) is 17.9 Å². The molecule has 2 heterocycles. The highest BCUT2D eigenvalue weighted by atomic mass is 32.2. The molecule has 0 bridgehead atoms. The summed E-state index contributed by atoms with van der Waals surface area (Å²) in [5.74, 6) is -1.58. The quantitative estimate of drug-likeness (QED) is 0.0554. The van der Waals surface area contributed by atoms with Gasteiger partial charge >= 0.3 is 5.97 Å². The molecule has 2 aliphatic heterocycles. The second-order valence-electron chi connectivity index (χ2n) is 14.2. The highest BCUT2D eigenvalue weighted by molar-refractivity contribution is 7.86. The summed E-state index contributed by atoms with van der Waals surface area (Å²) in [6.45, 7) is 6.85. The monoisotopic (exact) mass is 793 g/mol. The first-order chi connectivity index (χ1) is 24.6. The van der Waals surface area contributed by atoms with Gasteiger partial charge in [-0.05, 0) is 82.7 Å². The van der Waals surface area contributed by atoms with Crippen molar-refractivity contribution in [3.8, 4) is 0 Å². The van der Waals surface area contributed by atoms with Crippen LogP contribution in [-0.2, 0) is 46.0 Å². The van der Waals surface area contributed by atoms with E-state index in [1.165, 1.54) is 12.1 Å². The molecule has 0 fully saturated rings. The van der Waals surface area contributed by atoms with E-state index < -0.39 is 47.2 Å². The lowest BCUT2D eigenvalue weighted by Crippen LogP contribution is -2.29. The molecule has 0 aliphatic carbocycles. The van der Waals surface area contributed by atoms with Crippen LogP contribution >= 0.6 is 0 Å². The molecule has 0 spiro atoms. The third-order valence-corrected chi connectivity index (χ3v) is 12.4. The number of carboxylic acid groups (broad SMARTS) is 1. The predicted octanol–water partition coefficient (Wildman–Crippen LogP) is 6.06. The molecule has 4 rings (SSSR count). The number of carboxylic acids is 1. The van der Waals surface area contributed by atoms with Crippen molar-refractivity contribution in [2.24, 2.45) is 0 Å². The van der Waals surface area contributed by atoms with Crippen molar-refractivity contribution in [2.45, 2.75) is 87.9 Å². The second kappa shape index (κ2) is 16.8. The first-order valence-electron chi connectivity index (χ1n) is 17.5. The number of aliphatic carboxylic acids is 1.